The number of benzene rings is 2. The molecule has 5 heteroatoms. The molecule has 4 rings (SSSR count). The molecule has 1 aliphatic heterocycles. The highest BCUT2D eigenvalue weighted by Gasteiger charge is 2.67. The SMILES string of the molecule is CCC(C)(C)c1ccc(S(=O)(=O)Nc2ccc(C34CNCC3(C)C4)cc2)cc1. The second-order valence-electron chi connectivity index (χ2n) is 9.37. The maximum Gasteiger partial charge on any atom is 0.261 e. The predicted molar refractivity (Wildman–Crippen MR) is 114 cm³/mol. The summed E-state index contributed by atoms with van der Waals surface area (Å²) in [7, 11) is -3.59. The van der Waals surface area contributed by atoms with Gasteiger partial charge in [-0.2, -0.15) is 0 Å². The molecule has 0 aromatic heterocycles. The Balaban J connectivity index is 1.51. The van der Waals surface area contributed by atoms with Crippen LogP contribution in [0.4, 0.5) is 5.69 Å². The van der Waals surface area contributed by atoms with Crippen molar-refractivity contribution in [3.63, 3.8) is 0 Å². The Labute approximate surface area is 168 Å². The van der Waals surface area contributed by atoms with Crippen LogP contribution < -0.4 is 10.0 Å². The highest BCUT2D eigenvalue weighted by Crippen LogP contribution is 2.66. The lowest BCUT2D eigenvalue weighted by Crippen LogP contribution is -2.19. The molecule has 4 nitrogen and oxygen atoms in total. The molecule has 1 saturated heterocycles. The van der Waals surface area contributed by atoms with Crippen LogP contribution in [0.2, 0.25) is 0 Å². The number of anilines is 1. The van der Waals surface area contributed by atoms with Gasteiger partial charge in [0.05, 0.1) is 4.90 Å². The summed E-state index contributed by atoms with van der Waals surface area (Å²) in [6, 6.07) is 15.1. The van der Waals surface area contributed by atoms with Gasteiger partial charge in [0.2, 0.25) is 0 Å². The molecule has 2 N–H and O–H groups in total. The molecule has 1 heterocycles. The van der Waals surface area contributed by atoms with Crippen molar-refractivity contribution in [2.24, 2.45) is 5.41 Å². The summed E-state index contributed by atoms with van der Waals surface area (Å²) in [6.45, 7) is 10.9. The first-order valence-corrected chi connectivity index (χ1v) is 11.5. The Bertz CT molecular complexity index is 976. The van der Waals surface area contributed by atoms with Crippen LogP contribution in [0.1, 0.15) is 51.7 Å². The molecule has 2 fully saturated rings. The van der Waals surface area contributed by atoms with Crippen LogP contribution in [0, 0.1) is 5.41 Å². The zero-order valence-electron chi connectivity index (χ0n) is 17.2. The average molecular weight is 399 g/mol. The summed E-state index contributed by atoms with van der Waals surface area (Å²) in [4.78, 5) is 0.292. The summed E-state index contributed by atoms with van der Waals surface area (Å²) in [5.74, 6) is 0. The van der Waals surface area contributed by atoms with Crippen molar-refractivity contribution in [3.8, 4) is 0 Å². The van der Waals surface area contributed by atoms with Gasteiger partial charge in [-0.25, -0.2) is 8.42 Å². The van der Waals surface area contributed by atoms with Gasteiger partial charge in [0, 0.05) is 24.2 Å². The van der Waals surface area contributed by atoms with Crippen molar-refractivity contribution in [1.82, 2.24) is 5.32 Å². The highest BCUT2D eigenvalue weighted by atomic mass is 32.2. The zero-order chi connectivity index (χ0) is 20.2. The van der Waals surface area contributed by atoms with Crippen molar-refractivity contribution in [2.45, 2.75) is 56.3 Å². The number of rotatable bonds is 6. The quantitative estimate of drug-likeness (QED) is 0.757. The van der Waals surface area contributed by atoms with Gasteiger partial charge in [0.25, 0.3) is 10.0 Å². The molecule has 0 spiro atoms. The van der Waals surface area contributed by atoms with Crippen molar-refractivity contribution in [2.75, 3.05) is 17.8 Å². The topological polar surface area (TPSA) is 58.2 Å². The summed E-state index contributed by atoms with van der Waals surface area (Å²) in [5.41, 5.74) is 3.67. The number of nitrogens with one attached hydrogen (secondary N) is 2. The second-order valence-corrected chi connectivity index (χ2v) is 11.1. The smallest absolute Gasteiger partial charge is 0.261 e. The molecule has 0 amide bonds. The first-order chi connectivity index (χ1) is 13.1. The maximum absolute atomic E-state index is 12.8. The van der Waals surface area contributed by atoms with Gasteiger partial charge in [-0.05, 0) is 59.1 Å². The molecule has 0 bridgehead atoms. The fourth-order valence-corrected chi connectivity index (χ4v) is 5.65. The number of hydrogen-bond donors (Lipinski definition) is 2. The lowest BCUT2D eigenvalue weighted by atomic mass is 9.82. The van der Waals surface area contributed by atoms with Gasteiger partial charge in [0.15, 0.2) is 0 Å². The fourth-order valence-electron chi connectivity index (χ4n) is 4.59. The molecule has 2 aliphatic rings. The third-order valence-electron chi connectivity index (χ3n) is 7.18. The maximum atomic E-state index is 12.8. The summed E-state index contributed by atoms with van der Waals surface area (Å²) in [5, 5.41) is 3.48. The molecule has 1 saturated carbocycles. The minimum Gasteiger partial charge on any atom is -0.315 e. The van der Waals surface area contributed by atoms with Crippen LogP contribution in [-0.2, 0) is 20.9 Å². The lowest BCUT2D eigenvalue weighted by molar-refractivity contribution is 0.506. The van der Waals surface area contributed by atoms with Crippen LogP contribution in [0.25, 0.3) is 0 Å². The van der Waals surface area contributed by atoms with Crippen LogP contribution in [0.5, 0.6) is 0 Å². The average Bonchev–Trinajstić information content (AvgIpc) is 3.14. The normalized spacial score (nSPS) is 26.7. The molecule has 28 heavy (non-hydrogen) atoms. The Morgan fingerprint density at radius 3 is 2.18 bits per heavy atom. The van der Waals surface area contributed by atoms with E-state index in [1.165, 1.54) is 12.0 Å². The van der Waals surface area contributed by atoms with Crippen molar-refractivity contribution in [3.05, 3.63) is 59.7 Å². The van der Waals surface area contributed by atoms with Gasteiger partial charge < -0.3 is 5.32 Å². The molecule has 150 valence electrons. The Hall–Kier alpha value is -1.85. The van der Waals surface area contributed by atoms with E-state index in [9.17, 15) is 8.42 Å². The monoisotopic (exact) mass is 398 g/mol. The van der Waals surface area contributed by atoms with Gasteiger partial charge in [-0.3, -0.25) is 4.72 Å². The van der Waals surface area contributed by atoms with E-state index in [1.54, 1.807) is 12.1 Å². The Morgan fingerprint density at radius 1 is 1.04 bits per heavy atom. The molecule has 2 unspecified atom stereocenters. The van der Waals surface area contributed by atoms with E-state index in [0.717, 1.165) is 25.1 Å². The number of hydrogen-bond acceptors (Lipinski definition) is 3. The summed E-state index contributed by atoms with van der Waals surface area (Å²) in [6.07, 6.45) is 2.21. The van der Waals surface area contributed by atoms with Gasteiger partial charge >= 0.3 is 0 Å². The van der Waals surface area contributed by atoms with Crippen molar-refractivity contribution < 1.29 is 8.42 Å². The first-order valence-electron chi connectivity index (χ1n) is 10.1. The highest BCUT2D eigenvalue weighted by molar-refractivity contribution is 7.92. The lowest BCUT2D eigenvalue weighted by Gasteiger charge is -2.23. The van der Waals surface area contributed by atoms with Crippen molar-refractivity contribution in [1.29, 1.82) is 0 Å². The third kappa shape index (κ3) is 3.05. The molecular weight excluding hydrogens is 368 g/mol. The van der Waals surface area contributed by atoms with Crippen LogP contribution in [0.15, 0.2) is 53.4 Å². The van der Waals surface area contributed by atoms with Gasteiger partial charge in [-0.15, -0.1) is 0 Å². The molecular formula is C23H30N2O2S. The van der Waals surface area contributed by atoms with E-state index < -0.39 is 10.0 Å². The number of fused-ring (bicyclic) bond motifs is 1. The summed E-state index contributed by atoms with van der Waals surface area (Å²) >= 11 is 0. The van der Waals surface area contributed by atoms with E-state index in [4.69, 9.17) is 0 Å². The van der Waals surface area contributed by atoms with E-state index in [2.05, 4.69) is 49.9 Å². The molecule has 2 aromatic carbocycles. The summed E-state index contributed by atoms with van der Waals surface area (Å²) < 4.78 is 28.3. The van der Waals surface area contributed by atoms with E-state index in [1.807, 2.05) is 24.3 Å². The van der Waals surface area contributed by atoms with E-state index >= 15 is 0 Å². The predicted octanol–water partition coefficient (Wildman–Crippen LogP) is 4.43. The molecule has 1 aliphatic carbocycles. The molecule has 0 radical (unpaired) electrons. The minimum absolute atomic E-state index is 0.0391. The zero-order valence-corrected chi connectivity index (χ0v) is 18.0. The fraction of sp³-hybridized carbons (Fsp3) is 0.478. The van der Waals surface area contributed by atoms with Gasteiger partial charge in [0.1, 0.15) is 0 Å². The first kappa shape index (κ1) is 19.5. The minimum atomic E-state index is -3.59. The number of sulfonamides is 1. The van der Waals surface area contributed by atoms with Crippen molar-refractivity contribution >= 4 is 15.7 Å². The second kappa shape index (κ2) is 6.33. The van der Waals surface area contributed by atoms with Crippen LogP contribution in [0.3, 0.4) is 0 Å². The Morgan fingerprint density at radius 2 is 1.68 bits per heavy atom. The largest absolute Gasteiger partial charge is 0.315 e. The Kier molecular flexibility index (Phi) is 4.40. The number of piperidine rings is 1. The molecule has 2 atom stereocenters. The van der Waals surface area contributed by atoms with Crippen LogP contribution in [-0.4, -0.2) is 21.5 Å². The molecule has 2 aromatic rings. The standard InChI is InChI=1S/C23H30N2O2S/c1-5-21(2,3)17-8-12-20(13-9-17)28(26,27)25-19-10-6-18(7-11-19)23-14-22(23,4)15-24-16-23/h6-13,24-25H,5,14-16H2,1-4H3. The van der Waals surface area contributed by atoms with Crippen LogP contribution >= 0.6 is 0 Å². The van der Waals surface area contributed by atoms with E-state index in [0.29, 0.717) is 16.0 Å². The van der Waals surface area contributed by atoms with E-state index in [-0.39, 0.29) is 10.8 Å². The third-order valence-corrected chi connectivity index (χ3v) is 8.58. The van der Waals surface area contributed by atoms with Gasteiger partial charge in [-0.1, -0.05) is 52.0 Å².